The second-order valence-corrected chi connectivity index (χ2v) is 8.95. The third-order valence-corrected chi connectivity index (χ3v) is 7.55. The summed E-state index contributed by atoms with van der Waals surface area (Å²) in [6, 6.07) is 0. The highest BCUT2D eigenvalue weighted by molar-refractivity contribution is 7.99. The Morgan fingerprint density at radius 2 is 1.69 bits per heavy atom. The number of hydrogen-bond donors (Lipinski definition) is 5. The van der Waals surface area contributed by atoms with Crippen molar-refractivity contribution in [1.29, 1.82) is 0 Å². The van der Waals surface area contributed by atoms with Crippen molar-refractivity contribution >= 4 is 27.0 Å². The van der Waals surface area contributed by atoms with Crippen molar-refractivity contribution < 1.29 is 33.8 Å². The van der Waals surface area contributed by atoms with Crippen molar-refractivity contribution in [2.75, 3.05) is 11.5 Å². The molecule has 0 aliphatic carbocycles. The van der Waals surface area contributed by atoms with E-state index in [0.29, 0.717) is 12.2 Å². The Bertz CT molecular complexity index is 319. The smallest absolute Gasteiger partial charge is 0.368 e. The normalized spacial score (nSPS) is 23.7. The van der Waals surface area contributed by atoms with Crippen LogP contribution in [-0.2, 0) is 9.13 Å². The minimum atomic E-state index is -5.28. The van der Waals surface area contributed by atoms with Gasteiger partial charge in [-0.15, -0.1) is 0 Å². The van der Waals surface area contributed by atoms with Crippen LogP contribution in [0.5, 0.6) is 0 Å². The topological polar surface area (TPSA) is 135 Å². The predicted octanol–water partition coefficient (Wildman–Crippen LogP) is 0.131. The van der Waals surface area contributed by atoms with Gasteiger partial charge in [0, 0.05) is 6.42 Å². The molecule has 0 bridgehead atoms. The maximum atomic E-state index is 11.0. The molecule has 1 saturated heterocycles. The fraction of sp³-hybridized carbons (Fsp3) is 1.00. The van der Waals surface area contributed by atoms with E-state index < -0.39 is 26.7 Å². The van der Waals surface area contributed by atoms with E-state index in [9.17, 15) is 14.2 Å². The van der Waals surface area contributed by atoms with E-state index in [-0.39, 0.29) is 5.92 Å². The molecule has 1 rings (SSSR count). The quantitative estimate of drug-likeness (QED) is 0.461. The van der Waals surface area contributed by atoms with E-state index >= 15 is 0 Å². The Morgan fingerprint density at radius 3 is 2.00 bits per heavy atom. The zero-order valence-electron chi connectivity index (χ0n) is 8.26. The first-order valence-corrected chi connectivity index (χ1v) is 8.87. The van der Waals surface area contributed by atoms with Crippen molar-refractivity contribution in [2.45, 2.75) is 17.9 Å². The Kier molecular flexibility index (Phi) is 4.31. The number of thioether (sulfide) groups is 1. The van der Waals surface area contributed by atoms with Crippen LogP contribution in [0.2, 0.25) is 0 Å². The molecule has 0 aromatic heterocycles. The first-order chi connectivity index (χ1) is 7.08. The van der Waals surface area contributed by atoms with Crippen LogP contribution in [0.1, 0.15) is 12.8 Å². The number of rotatable bonds is 4. The van der Waals surface area contributed by atoms with Gasteiger partial charge in [0.25, 0.3) is 5.08 Å². The molecule has 1 unspecified atom stereocenters. The maximum absolute atomic E-state index is 11.0. The summed E-state index contributed by atoms with van der Waals surface area (Å²) in [6.07, 6.45) is 0.0154. The summed E-state index contributed by atoms with van der Waals surface area (Å²) in [5.74, 6) is 1.03. The first-order valence-electron chi connectivity index (χ1n) is 4.49. The lowest BCUT2D eigenvalue weighted by Gasteiger charge is -2.31. The molecule has 1 atom stereocenters. The van der Waals surface area contributed by atoms with Crippen LogP contribution in [0.4, 0.5) is 0 Å². The minimum Gasteiger partial charge on any atom is -0.368 e. The lowest BCUT2D eigenvalue weighted by molar-refractivity contribution is 0.110. The second kappa shape index (κ2) is 4.71. The van der Waals surface area contributed by atoms with Crippen LogP contribution in [0.25, 0.3) is 0 Å². The molecule has 0 amide bonds. The summed E-state index contributed by atoms with van der Waals surface area (Å²) in [6.45, 7) is 0. The van der Waals surface area contributed by atoms with Gasteiger partial charge in [0.2, 0.25) is 0 Å². The predicted molar refractivity (Wildman–Crippen MR) is 59.1 cm³/mol. The van der Waals surface area contributed by atoms with E-state index in [1.165, 1.54) is 11.8 Å². The van der Waals surface area contributed by atoms with Crippen molar-refractivity contribution in [3.63, 3.8) is 0 Å². The molecule has 7 nitrogen and oxygen atoms in total. The minimum absolute atomic E-state index is 0.282. The number of hydrogen-bond acceptors (Lipinski definition) is 4. The summed E-state index contributed by atoms with van der Waals surface area (Å²) in [7, 11) is -10.6. The molecule has 0 saturated carbocycles. The average Bonchev–Trinajstić information content (AvgIpc) is 2.52. The molecule has 1 fully saturated rings. The van der Waals surface area contributed by atoms with Crippen molar-refractivity contribution in [3.05, 3.63) is 0 Å². The summed E-state index contributed by atoms with van der Waals surface area (Å²) in [5, 5.41) is 6.37. The summed E-state index contributed by atoms with van der Waals surface area (Å²) < 4.78 is 22.1. The van der Waals surface area contributed by atoms with Crippen LogP contribution >= 0.6 is 27.0 Å². The van der Waals surface area contributed by atoms with Gasteiger partial charge in [-0.1, -0.05) is 0 Å². The summed E-state index contributed by atoms with van der Waals surface area (Å²) in [4.78, 5) is 35.6. The van der Waals surface area contributed by atoms with Gasteiger partial charge in [-0.2, -0.15) is 11.8 Å². The van der Waals surface area contributed by atoms with Gasteiger partial charge in [0.15, 0.2) is 0 Å². The van der Waals surface area contributed by atoms with Gasteiger partial charge in [-0.05, 0) is 23.8 Å². The van der Waals surface area contributed by atoms with Gasteiger partial charge >= 0.3 is 15.2 Å². The van der Waals surface area contributed by atoms with Crippen LogP contribution in [0.15, 0.2) is 0 Å². The van der Waals surface area contributed by atoms with E-state index in [4.69, 9.17) is 19.6 Å². The molecule has 1 aliphatic heterocycles. The van der Waals surface area contributed by atoms with Gasteiger partial charge in [-0.25, -0.2) is 0 Å². The fourth-order valence-corrected chi connectivity index (χ4v) is 5.17. The Labute approximate surface area is 96.6 Å². The van der Waals surface area contributed by atoms with Gasteiger partial charge in [0.1, 0.15) is 0 Å². The van der Waals surface area contributed by atoms with Gasteiger partial charge in [0.05, 0.1) is 0 Å². The van der Waals surface area contributed by atoms with Crippen molar-refractivity contribution in [3.8, 4) is 0 Å². The Morgan fingerprint density at radius 1 is 1.19 bits per heavy atom. The largest absolute Gasteiger partial charge is 0.369 e. The number of aliphatic hydroxyl groups is 1. The lowest BCUT2D eigenvalue weighted by atomic mass is 10.1. The van der Waals surface area contributed by atoms with Gasteiger partial charge < -0.3 is 24.7 Å². The molecule has 0 radical (unpaired) electrons. The third kappa shape index (κ3) is 2.89. The standard InChI is InChI=1S/C6H14O7P2S/c7-6(14(8,9)10,15(11,12)13)3-5-1-2-16-4-5/h5,7H,1-4H2,(H2,8,9,10)(H2,11,12,13). The van der Waals surface area contributed by atoms with Crippen molar-refractivity contribution in [2.24, 2.45) is 5.92 Å². The molecule has 0 spiro atoms. The average molecular weight is 292 g/mol. The van der Waals surface area contributed by atoms with E-state index in [0.717, 1.165) is 5.75 Å². The molecule has 0 aromatic carbocycles. The van der Waals surface area contributed by atoms with Crippen LogP contribution in [0.3, 0.4) is 0 Å². The molecular formula is C6H14O7P2S. The monoisotopic (exact) mass is 292 g/mol. The maximum Gasteiger partial charge on any atom is 0.369 e. The fourth-order valence-electron chi connectivity index (χ4n) is 1.54. The lowest BCUT2D eigenvalue weighted by Crippen LogP contribution is -2.31. The van der Waals surface area contributed by atoms with Gasteiger partial charge in [-0.3, -0.25) is 9.13 Å². The highest BCUT2D eigenvalue weighted by Gasteiger charge is 2.60. The molecule has 10 heteroatoms. The summed E-state index contributed by atoms with van der Waals surface area (Å²) in [5.41, 5.74) is 0. The van der Waals surface area contributed by atoms with Crippen LogP contribution < -0.4 is 0 Å². The first kappa shape index (κ1) is 14.7. The van der Waals surface area contributed by atoms with Crippen LogP contribution in [-0.4, -0.2) is 41.3 Å². The molecule has 5 N–H and O–H groups in total. The highest BCUT2D eigenvalue weighted by atomic mass is 32.2. The van der Waals surface area contributed by atoms with E-state index in [1.54, 1.807) is 0 Å². The molecule has 16 heavy (non-hydrogen) atoms. The molecular weight excluding hydrogens is 278 g/mol. The molecule has 1 heterocycles. The summed E-state index contributed by atoms with van der Waals surface area (Å²) >= 11 is 1.53. The zero-order valence-corrected chi connectivity index (χ0v) is 10.9. The highest BCUT2D eigenvalue weighted by Crippen LogP contribution is 2.70. The SMILES string of the molecule is O=P(O)(O)C(O)(CC1CCSC1)P(=O)(O)O. The molecule has 1 aliphatic rings. The van der Waals surface area contributed by atoms with E-state index in [2.05, 4.69) is 0 Å². The second-order valence-electron chi connectivity index (χ2n) is 3.80. The molecule has 96 valence electrons. The zero-order chi connectivity index (χ0) is 12.6. The van der Waals surface area contributed by atoms with Crippen LogP contribution in [0, 0.1) is 5.92 Å². The van der Waals surface area contributed by atoms with Crippen molar-refractivity contribution in [1.82, 2.24) is 0 Å². The molecule has 0 aromatic rings. The third-order valence-electron chi connectivity index (χ3n) is 2.52. The van der Waals surface area contributed by atoms with E-state index in [1.807, 2.05) is 0 Å². The Balaban J connectivity index is 2.96. The Hall–Kier alpha value is 0.610.